The van der Waals surface area contributed by atoms with Crippen LogP contribution in [0.15, 0.2) is 55.1 Å². The van der Waals surface area contributed by atoms with Crippen LogP contribution in [0.4, 0.5) is 0 Å². The van der Waals surface area contributed by atoms with Gasteiger partial charge in [-0.05, 0) is 24.6 Å². The molecule has 0 aliphatic carbocycles. The van der Waals surface area contributed by atoms with Crippen LogP contribution in [0, 0.1) is 0 Å². The van der Waals surface area contributed by atoms with Gasteiger partial charge >= 0.3 is 0 Å². The van der Waals surface area contributed by atoms with Crippen molar-refractivity contribution in [2.75, 3.05) is 61.4 Å². The van der Waals surface area contributed by atoms with Gasteiger partial charge in [0.2, 0.25) is 0 Å². The molecule has 0 saturated heterocycles. The Balaban J connectivity index is 1.77. The van der Waals surface area contributed by atoms with E-state index in [2.05, 4.69) is 102 Å². The monoisotopic (exact) mass is 409 g/mol. The first-order valence-electron chi connectivity index (χ1n) is 11.2. The molecule has 0 saturated carbocycles. The molecule has 164 valence electrons. The average Bonchev–Trinajstić information content (AvgIpc) is 2.71. The molecule has 0 radical (unpaired) electrons. The van der Waals surface area contributed by atoms with Gasteiger partial charge in [0.15, 0.2) is 0 Å². The Hall–Kier alpha value is -1.94. The second-order valence-electron chi connectivity index (χ2n) is 10.1. The van der Waals surface area contributed by atoms with E-state index in [0.717, 1.165) is 54.7 Å². The number of hydrogen-bond donors (Lipinski definition) is 0. The maximum Gasteiger partial charge on any atom is 0.104 e. The number of hydrogen-bond acceptors (Lipinski definition) is 1. The summed E-state index contributed by atoms with van der Waals surface area (Å²) in [6, 6.07) is 17.9. The Labute approximate surface area is 185 Å². The average molecular weight is 410 g/mol. The van der Waals surface area contributed by atoms with E-state index in [4.69, 9.17) is 0 Å². The van der Waals surface area contributed by atoms with E-state index in [9.17, 15) is 0 Å². The fourth-order valence-electron chi connectivity index (χ4n) is 3.78. The Morgan fingerprint density at radius 2 is 1.13 bits per heavy atom. The zero-order valence-electron chi connectivity index (χ0n) is 20.2. The fourth-order valence-corrected chi connectivity index (χ4v) is 3.78. The van der Waals surface area contributed by atoms with Gasteiger partial charge in [0, 0.05) is 24.2 Å². The lowest BCUT2D eigenvalue weighted by atomic mass is 10.1. The summed E-state index contributed by atoms with van der Waals surface area (Å²) in [4.78, 5) is 2.49. The second-order valence-corrected chi connectivity index (χ2v) is 10.1. The molecule has 3 nitrogen and oxygen atoms in total. The summed E-state index contributed by atoms with van der Waals surface area (Å²) in [5.74, 6) is 0. The van der Waals surface area contributed by atoms with Gasteiger partial charge in [-0.3, -0.25) is 4.90 Å². The Morgan fingerprint density at radius 3 is 1.53 bits per heavy atom. The molecule has 0 unspecified atom stereocenters. The molecule has 0 bridgehead atoms. The summed E-state index contributed by atoms with van der Waals surface area (Å²) in [6.07, 6.45) is 3.01. The van der Waals surface area contributed by atoms with Crippen LogP contribution in [-0.2, 0) is 19.5 Å². The fraction of sp³-hybridized carbons (Fsp3) is 0.481. The SMILES string of the molecule is C=Cc1ccc(C[N+](C)(C)CCN(C)CC[N+](C)(C)Cc2ccc(CC)cc2)cc1. The van der Waals surface area contributed by atoms with Crippen molar-refractivity contribution in [1.29, 1.82) is 0 Å². The standard InChI is InChI=1S/C27H43N3/c1-8-24-10-14-26(15-11-24)22-29(4,5)20-18-28(3)19-21-30(6,7)23-27-16-12-25(9-2)13-17-27/h8,10-17H,1,9,18-23H2,2-7H3/q+2. The Bertz CT molecular complexity index is 773. The van der Waals surface area contributed by atoms with E-state index in [0.29, 0.717) is 0 Å². The van der Waals surface area contributed by atoms with Crippen LogP contribution in [0.5, 0.6) is 0 Å². The molecule has 0 spiro atoms. The lowest BCUT2D eigenvalue weighted by Gasteiger charge is -2.34. The summed E-state index contributed by atoms with van der Waals surface area (Å²) in [5.41, 5.74) is 5.42. The van der Waals surface area contributed by atoms with Gasteiger partial charge in [-0.2, -0.15) is 0 Å². The zero-order valence-corrected chi connectivity index (χ0v) is 20.2. The number of rotatable bonds is 12. The quantitative estimate of drug-likeness (QED) is 0.460. The highest BCUT2D eigenvalue weighted by molar-refractivity contribution is 5.47. The van der Waals surface area contributed by atoms with E-state index >= 15 is 0 Å². The third kappa shape index (κ3) is 8.43. The van der Waals surface area contributed by atoms with Crippen LogP contribution >= 0.6 is 0 Å². The van der Waals surface area contributed by atoms with Crippen molar-refractivity contribution >= 4 is 6.08 Å². The van der Waals surface area contributed by atoms with Crippen molar-refractivity contribution in [1.82, 2.24) is 4.90 Å². The molecule has 0 N–H and O–H groups in total. The van der Waals surface area contributed by atoms with Crippen molar-refractivity contribution in [2.45, 2.75) is 26.4 Å². The zero-order chi connectivity index (χ0) is 22.2. The maximum atomic E-state index is 3.84. The van der Waals surface area contributed by atoms with Gasteiger partial charge in [0.1, 0.15) is 13.1 Å². The largest absolute Gasteiger partial charge is 0.324 e. The number of benzene rings is 2. The maximum absolute atomic E-state index is 3.84. The van der Waals surface area contributed by atoms with Gasteiger partial charge in [0.25, 0.3) is 0 Å². The van der Waals surface area contributed by atoms with Crippen molar-refractivity contribution in [3.05, 3.63) is 77.4 Å². The molecule has 3 heteroatoms. The Kier molecular flexibility index (Phi) is 8.84. The van der Waals surface area contributed by atoms with Gasteiger partial charge in [-0.1, -0.05) is 68.1 Å². The molecule has 0 atom stereocenters. The van der Waals surface area contributed by atoms with Gasteiger partial charge in [-0.25, -0.2) is 0 Å². The number of nitrogens with zero attached hydrogens (tertiary/aromatic N) is 3. The molecule has 0 heterocycles. The molecule has 2 rings (SSSR count). The predicted molar refractivity (Wildman–Crippen MR) is 131 cm³/mol. The van der Waals surface area contributed by atoms with Gasteiger partial charge in [-0.15, -0.1) is 0 Å². The molecule has 0 aromatic heterocycles. The topological polar surface area (TPSA) is 3.24 Å². The summed E-state index contributed by atoms with van der Waals surface area (Å²) < 4.78 is 2.02. The van der Waals surface area contributed by atoms with E-state index in [1.54, 1.807) is 0 Å². The third-order valence-electron chi connectivity index (χ3n) is 6.04. The first kappa shape index (κ1) is 24.3. The van der Waals surface area contributed by atoms with E-state index in [1.165, 1.54) is 22.3 Å². The molecule has 30 heavy (non-hydrogen) atoms. The number of aryl methyl sites for hydroxylation is 1. The minimum absolute atomic E-state index is 1.000. The van der Waals surface area contributed by atoms with Gasteiger partial charge in [0.05, 0.1) is 41.3 Å². The molecule has 2 aromatic rings. The summed E-state index contributed by atoms with van der Waals surface area (Å²) in [7, 11) is 11.6. The van der Waals surface area contributed by atoms with Crippen LogP contribution in [0.3, 0.4) is 0 Å². The second kappa shape index (κ2) is 10.9. The van der Waals surface area contributed by atoms with Crippen LogP contribution in [-0.4, -0.2) is 75.3 Å². The summed E-state index contributed by atoms with van der Waals surface area (Å²) >= 11 is 0. The molecule has 0 amide bonds. The molecular weight excluding hydrogens is 366 g/mol. The van der Waals surface area contributed by atoms with Crippen molar-refractivity contribution < 1.29 is 8.97 Å². The van der Waals surface area contributed by atoms with E-state index < -0.39 is 0 Å². The van der Waals surface area contributed by atoms with E-state index in [-0.39, 0.29) is 0 Å². The first-order chi connectivity index (χ1) is 14.1. The smallest absolute Gasteiger partial charge is 0.104 e. The van der Waals surface area contributed by atoms with Crippen LogP contribution in [0.2, 0.25) is 0 Å². The van der Waals surface area contributed by atoms with Crippen molar-refractivity contribution in [3.63, 3.8) is 0 Å². The predicted octanol–water partition coefficient (Wildman–Crippen LogP) is 4.68. The lowest BCUT2D eigenvalue weighted by molar-refractivity contribution is -0.905. The highest BCUT2D eigenvalue weighted by atomic mass is 15.3. The summed E-state index contributed by atoms with van der Waals surface area (Å²) in [6.45, 7) is 12.7. The molecule has 0 aliphatic heterocycles. The number of likely N-dealkylation sites (N-methyl/N-ethyl adjacent to an activating group) is 3. The molecule has 2 aromatic carbocycles. The lowest BCUT2D eigenvalue weighted by Crippen LogP contribution is -2.47. The number of quaternary nitrogens is 2. The van der Waals surface area contributed by atoms with E-state index in [1.807, 2.05) is 6.08 Å². The third-order valence-corrected chi connectivity index (χ3v) is 6.04. The van der Waals surface area contributed by atoms with Crippen LogP contribution in [0.25, 0.3) is 6.08 Å². The van der Waals surface area contributed by atoms with Crippen LogP contribution in [0.1, 0.15) is 29.2 Å². The Morgan fingerprint density at radius 1 is 0.733 bits per heavy atom. The molecular formula is C27H43N3+2. The normalized spacial score (nSPS) is 12.4. The minimum atomic E-state index is 1.000. The highest BCUT2D eigenvalue weighted by Gasteiger charge is 2.20. The summed E-state index contributed by atoms with van der Waals surface area (Å²) in [5, 5.41) is 0. The van der Waals surface area contributed by atoms with Crippen LogP contribution < -0.4 is 0 Å². The van der Waals surface area contributed by atoms with Crippen molar-refractivity contribution in [2.24, 2.45) is 0 Å². The molecule has 0 aliphatic rings. The van der Waals surface area contributed by atoms with Crippen molar-refractivity contribution in [3.8, 4) is 0 Å². The highest BCUT2D eigenvalue weighted by Crippen LogP contribution is 2.13. The minimum Gasteiger partial charge on any atom is -0.324 e. The molecule has 0 fully saturated rings. The van der Waals surface area contributed by atoms with Gasteiger partial charge < -0.3 is 8.97 Å². The first-order valence-corrected chi connectivity index (χ1v) is 11.2.